The van der Waals surface area contributed by atoms with E-state index >= 15 is 0 Å². The summed E-state index contributed by atoms with van der Waals surface area (Å²) in [5.41, 5.74) is 0.699. The van der Waals surface area contributed by atoms with Gasteiger partial charge in [-0.1, -0.05) is 0 Å². The molecule has 2 heterocycles. The van der Waals surface area contributed by atoms with Crippen LogP contribution in [0.1, 0.15) is 33.6 Å². The Morgan fingerprint density at radius 3 is 2.72 bits per heavy atom. The molecule has 18 heavy (non-hydrogen) atoms. The van der Waals surface area contributed by atoms with Crippen LogP contribution in [-0.2, 0) is 15.1 Å². The number of hydrogen-bond acceptors (Lipinski definition) is 4. The molecule has 0 bridgehead atoms. The summed E-state index contributed by atoms with van der Waals surface area (Å²) in [6.45, 7) is 6.15. The summed E-state index contributed by atoms with van der Waals surface area (Å²) in [5.74, 6) is -0.474. The molecule has 0 aromatic carbocycles. The summed E-state index contributed by atoms with van der Waals surface area (Å²) in [6, 6.07) is -0.361. The molecule has 1 atom stereocenters. The number of piperidine rings is 1. The summed E-state index contributed by atoms with van der Waals surface area (Å²) >= 11 is 0. The lowest BCUT2D eigenvalue weighted by atomic mass is 10.1. The van der Waals surface area contributed by atoms with Gasteiger partial charge in [0, 0.05) is 12.6 Å². The number of amides is 2. The summed E-state index contributed by atoms with van der Waals surface area (Å²) in [4.78, 5) is 22.6. The van der Waals surface area contributed by atoms with Crippen molar-refractivity contribution in [1.29, 1.82) is 0 Å². The lowest BCUT2D eigenvalue weighted by Crippen LogP contribution is -2.47. The molecule has 1 unspecified atom stereocenters. The van der Waals surface area contributed by atoms with E-state index < -0.39 is 0 Å². The number of rotatable bonds is 2. The van der Waals surface area contributed by atoms with Gasteiger partial charge in [0.05, 0.1) is 17.4 Å². The maximum Gasteiger partial charge on any atom is 0.249 e. The van der Waals surface area contributed by atoms with Crippen LogP contribution in [0, 0.1) is 0 Å². The zero-order chi connectivity index (χ0) is 13.3. The van der Waals surface area contributed by atoms with Crippen molar-refractivity contribution in [2.75, 3.05) is 5.32 Å². The average molecular weight is 250 g/mol. The van der Waals surface area contributed by atoms with Crippen LogP contribution in [0.3, 0.4) is 0 Å². The molecule has 0 spiro atoms. The van der Waals surface area contributed by atoms with E-state index in [2.05, 4.69) is 36.5 Å². The molecular weight excluding hydrogens is 232 g/mol. The lowest BCUT2D eigenvalue weighted by molar-refractivity contribution is -0.133. The molecular formula is C12H18N4O2. The van der Waals surface area contributed by atoms with Gasteiger partial charge in [0.1, 0.15) is 6.04 Å². The molecule has 1 saturated heterocycles. The Kier molecular flexibility index (Phi) is 3.11. The number of imide groups is 1. The quantitative estimate of drug-likeness (QED) is 0.763. The van der Waals surface area contributed by atoms with Crippen LogP contribution in [0.15, 0.2) is 12.4 Å². The first kappa shape index (κ1) is 12.6. The molecule has 6 nitrogen and oxygen atoms in total. The molecule has 2 N–H and O–H groups in total. The summed E-state index contributed by atoms with van der Waals surface area (Å²) in [6.07, 6.45) is 4.45. The zero-order valence-electron chi connectivity index (χ0n) is 10.9. The fourth-order valence-electron chi connectivity index (χ4n) is 1.80. The number of nitrogens with zero attached hydrogens (tertiary/aromatic N) is 2. The molecule has 0 saturated carbocycles. The second kappa shape index (κ2) is 4.44. The minimum atomic E-state index is -0.361. The molecule has 0 aliphatic carbocycles. The fourth-order valence-corrected chi connectivity index (χ4v) is 1.80. The number of carbonyl (C=O) groups excluding carboxylic acids is 2. The van der Waals surface area contributed by atoms with Crippen molar-refractivity contribution in [3.8, 4) is 0 Å². The first-order chi connectivity index (χ1) is 8.36. The van der Waals surface area contributed by atoms with Gasteiger partial charge in [0.15, 0.2) is 0 Å². The number of hydrogen-bond donors (Lipinski definition) is 2. The van der Waals surface area contributed by atoms with E-state index in [9.17, 15) is 9.59 Å². The molecule has 0 radical (unpaired) electrons. The van der Waals surface area contributed by atoms with E-state index in [1.807, 2.05) is 10.9 Å². The number of aromatic nitrogens is 2. The first-order valence-corrected chi connectivity index (χ1v) is 6.01. The van der Waals surface area contributed by atoms with E-state index in [0.29, 0.717) is 12.8 Å². The van der Waals surface area contributed by atoms with E-state index in [0.717, 1.165) is 5.69 Å². The van der Waals surface area contributed by atoms with Crippen LogP contribution >= 0.6 is 0 Å². The molecule has 1 fully saturated rings. The van der Waals surface area contributed by atoms with Crippen LogP contribution in [0.25, 0.3) is 0 Å². The summed E-state index contributed by atoms with van der Waals surface area (Å²) in [7, 11) is 0. The van der Waals surface area contributed by atoms with Gasteiger partial charge in [-0.25, -0.2) is 0 Å². The monoisotopic (exact) mass is 250 g/mol. The fraction of sp³-hybridized carbons (Fsp3) is 0.583. The number of anilines is 1. The van der Waals surface area contributed by atoms with Gasteiger partial charge in [-0.15, -0.1) is 0 Å². The van der Waals surface area contributed by atoms with Crippen molar-refractivity contribution in [3.05, 3.63) is 12.4 Å². The molecule has 1 aliphatic rings. The largest absolute Gasteiger partial charge is 0.371 e. The second-order valence-electron chi connectivity index (χ2n) is 5.49. The number of nitrogens with one attached hydrogen (secondary N) is 2. The molecule has 6 heteroatoms. The Hall–Kier alpha value is -1.85. The minimum absolute atomic E-state index is 0.0925. The van der Waals surface area contributed by atoms with Crippen molar-refractivity contribution < 1.29 is 9.59 Å². The SMILES string of the molecule is CC(C)(C)n1cc(NC2CCC(=O)NC2=O)cn1. The van der Waals surface area contributed by atoms with E-state index in [-0.39, 0.29) is 23.4 Å². The van der Waals surface area contributed by atoms with Crippen LogP contribution in [0.4, 0.5) is 5.69 Å². The normalized spacial score (nSPS) is 20.7. The standard InChI is InChI=1S/C12H18N4O2/c1-12(2,3)16-7-8(6-13-16)14-9-4-5-10(17)15-11(9)18/h6-7,9,14H,4-5H2,1-3H3,(H,15,17,18). The van der Waals surface area contributed by atoms with Crippen molar-refractivity contribution in [2.24, 2.45) is 0 Å². The first-order valence-electron chi connectivity index (χ1n) is 6.01. The Balaban J connectivity index is 2.04. The lowest BCUT2D eigenvalue weighted by Gasteiger charge is -2.22. The van der Waals surface area contributed by atoms with Crippen LogP contribution < -0.4 is 10.6 Å². The summed E-state index contributed by atoms with van der Waals surface area (Å²) in [5, 5.41) is 9.66. The molecule has 1 aromatic rings. The highest BCUT2D eigenvalue weighted by Crippen LogP contribution is 2.18. The third kappa shape index (κ3) is 2.69. The second-order valence-corrected chi connectivity index (χ2v) is 5.49. The van der Waals surface area contributed by atoms with Gasteiger partial charge in [-0.2, -0.15) is 5.10 Å². The van der Waals surface area contributed by atoms with Crippen molar-refractivity contribution in [2.45, 2.75) is 45.2 Å². The predicted molar refractivity (Wildman–Crippen MR) is 67.0 cm³/mol. The third-order valence-electron chi connectivity index (χ3n) is 2.85. The van der Waals surface area contributed by atoms with E-state index in [1.165, 1.54) is 0 Å². The van der Waals surface area contributed by atoms with Gasteiger partial charge in [0.2, 0.25) is 11.8 Å². The predicted octanol–water partition coefficient (Wildman–Crippen LogP) is 0.855. The number of carbonyl (C=O) groups is 2. The van der Waals surface area contributed by atoms with Crippen LogP contribution in [0.2, 0.25) is 0 Å². The van der Waals surface area contributed by atoms with Crippen molar-refractivity contribution in [1.82, 2.24) is 15.1 Å². The Morgan fingerprint density at radius 2 is 2.17 bits per heavy atom. The molecule has 1 aromatic heterocycles. The average Bonchev–Trinajstić information content (AvgIpc) is 2.70. The maximum atomic E-state index is 11.6. The van der Waals surface area contributed by atoms with Gasteiger partial charge < -0.3 is 5.32 Å². The Morgan fingerprint density at radius 1 is 1.44 bits per heavy atom. The van der Waals surface area contributed by atoms with Gasteiger partial charge in [-0.05, 0) is 27.2 Å². The Bertz CT molecular complexity index is 473. The van der Waals surface area contributed by atoms with Crippen molar-refractivity contribution in [3.63, 3.8) is 0 Å². The topological polar surface area (TPSA) is 76.0 Å². The highest BCUT2D eigenvalue weighted by Gasteiger charge is 2.26. The third-order valence-corrected chi connectivity index (χ3v) is 2.85. The van der Waals surface area contributed by atoms with Gasteiger partial charge in [0.25, 0.3) is 0 Å². The van der Waals surface area contributed by atoms with Crippen LogP contribution in [0.5, 0.6) is 0 Å². The van der Waals surface area contributed by atoms with E-state index in [1.54, 1.807) is 6.20 Å². The Labute approximate surface area is 106 Å². The van der Waals surface area contributed by atoms with Crippen molar-refractivity contribution >= 4 is 17.5 Å². The maximum absolute atomic E-state index is 11.6. The van der Waals surface area contributed by atoms with Crippen LogP contribution in [-0.4, -0.2) is 27.6 Å². The molecule has 2 amide bonds. The summed E-state index contributed by atoms with van der Waals surface area (Å²) < 4.78 is 1.83. The molecule has 1 aliphatic heterocycles. The molecule has 98 valence electrons. The molecule has 2 rings (SSSR count). The zero-order valence-corrected chi connectivity index (χ0v) is 10.9. The minimum Gasteiger partial charge on any atom is -0.371 e. The highest BCUT2D eigenvalue weighted by atomic mass is 16.2. The smallest absolute Gasteiger partial charge is 0.249 e. The van der Waals surface area contributed by atoms with Gasteiger partial charge in [-0.3, -0.25) is 19.6 Å². The highest BCUT2D eigenvalue weighted by molar-refractivity contribution is 6.01. The van der Waals surface area contributed by atoms with Gasteiger partial charge >= 0.3 is 0 Å². The van der Waals surface area contributed by atoms with E-state index in [4.69, 9.17) is 0 Å².